The predicted octanol–water partition coefficient (Wildman–Crippen LogP) is -0.525. The van der Waals surface area contributed by atoms with Crippen molar-refractivity contribution in [3.8, 4) is 0 Å². The molecule has 2 saturated heterocycles. The van der Waals surface area contributed by atoms with E-state index in [0.717, 1.165) is 26.1 Å². The zero-order chi connectivity index (χ0) is 8.39. The molecule has 4 heteroatoms. The molecule has 1 atom stereocenters. The predicted molar refractivity (Wildman–Crippen MR) is 45.4 cm³/mol. The molecule has 4 nitrogen and oxygen atoms in total. The highest BCUT2D eigenvalue weighted by Crippen LogP contribution is 2.12. The van der Waals surface area contributed by atoms with E-state index < -0.39 is 0 Å². The number of piperidine rings is 1. The maximum Gasteiger partial charge on any atom is 0.238 e. The molecule has 2 heterocycles. The molecular weight excluding hydrogens is 154 g/mol. The number of hydrogen-bond acceptors (Lipinski definition) is 3. The Labute approximate surface area is 72.3 Å². The van der Waals surface area contributed by atoms with E-state index in [0.29, 0.717) is 12.5 Å². The minimum absolute atomic E-state index is 0.253. The maximum absolute atomic E-state index is 11.3. The van der Waals surface area contributed by atoms with Gasteiger partial charge in [-0.1, -0.05) is 0 Å². The summed E-state index contributed by atoms with van der Waals surface area (Å²) in [6, 6.07) is 0.383. The normalized spacial score (nSPS) is 31.2. The van der Waals surface area contributed by atoms with Crippen molar-refractivity contribution in [3.05, 3.63) is 0 Å². The minimum atomic E-state index is 0.253. The number of nitrogens with one attached hydrogen (secondary N) is 2. The number of carbonyl (C=O) groups is 1. The van der Waals surface area contributed by atoms with Crippen LogP contribution >= 0.6 is 0 Å². The molecule has 2 N–H and O–H groups in total. The van der Waals surface area contributed by atoms with Crippen molar-refractivity contribution >= 4 is 5.91 Å². The number of carbonyl (C=O) groups excluding carboxylic acids is 1. The van der Waals surface area contributed by atoms with Crippen LogP contribution in [0.25, 0.3) is 0 Å². The van der Waals surface area contributed by atoms with Gasteiger partial charge < -0.3 is 5.32 Å². The molecule has 0 radical (unpaired) electrons. The molecule has 0 aromatic heterocycles. The van der Waals surface area contributed by atoms with E-state index in [1.165, 1.54) is 6.42 Å². The van der Waals surface area contributed by atoms with Gasteiger partial charge in [0, 0.05) is 19.5 Å². The molecule has 0 aromatic carbocycles. The van der Waals surface area contributed by atoms with Crippen molar-refractivity contribution in [3.63, 3.8) is 0 Å². The standard InChI is InChI=1S/C8H15N3O/c12-8-3-5-10-11(8)7-2-1-4-9-6-7/h7,9-10H,1-6H2. The molecular formula is C8H15N3O. The second-order valence-electron chi connectivity index (χ2n) is 3.42. The van der Waals surface area contributed by atoms with Crippen LogP contribution in [-0.2, 0) is 4.79 Å². The number of amides is 1. The van der Waals surface area contributed by atoms with Gasteiger partial charge in [0.2, 0.25) is 5.91 Å². The third-order valence-corrected chi connectivity index (χ3v) is 2.53. The van der Waals surface area contributed by atoms with Gasteiger partial charge in [0.1, 0.15) is 0 Å². The summed E-state index contributed by atoms with van der Waals surface area (Å²) in [7, 11) is 0. The lowest BCUT2D eigenvalue weighted by molar-refractivity contribution is -0.132. The highest BCUT2D eigenvalue weighted by Gasteiger charge is 2.28. The van der Waals surface area contributed by atoms with Crippen LogP contribution in [0.2, 0.25) is 0 Å². The molecule has 1 unspecified atom stereocenters. The molecule has 0 aromatic rings. The Kier molecular flexibility index (Phi) is 2.28. The summed E-state index contributed by atoms with van der Waals surface area (Å²) in [6.45, 7) is 2.85. The van der Waals surface area contributed by atoms with Gasteiger partial charge in [-0.25, -0.2) is 5.43 Å². The van der Waals surface area contributed by atoms with Crippen LogP contribution in [0.3, 0.4) is 0 Å². The van der Waals surface area contributed by atoms with Crippen LogP contribution < -0.4 is 10.7 Å². The van der Waals surface area contributed by atoms with Crippen molar-refractivity contribution in [1.82, 2.24) is 15.8 Å². The second-order valence-corrected chi connectivity index (χ2v) is 3.42. The number of nitrogens with zero attached hydrogens (tertiary/aromatic N) is 1. The third-order valence-electron chi connectivity index (χ3n) is 2.53. The Morgan fingerprint density at radius 1 is 1.42 bits per heavy atom. The Morgan fingerprint density at radius 3 is 2.92 bits per heavy atom. The quantitative estimate of drug-likeness (QED) is 0.555. The first-order valence-electron chi connectivity index (χ1n) is 4.64. The maximum atomic E-state index is 11.3. The van der Waals surface area contributed by atoms with Crippen LogP contribution in [0, 0.1) is 0 Å². The average Bonchev–Trinajstić information content (AvgIpc) is 2.53. The zero-order valence-corrected chi connectivity index (χ0v) is 7.18. The van der Waals surface area contributed by atoms with Gasteiger partial charge in [-0.05, 0) is 19.4 Å². The molecule has 2 fully saturated rings. The first kappa shape index (κ1) is 8.01. The topological polar surface area (TPSA) is 44.4 Å². The Bertz CT molecular complexity index is 177. The third kappa shape index (κ3) is 1.44. The SMILES string of the molecule is O=C1CCNN1C1CCCNC1. The smallest absolute Gasteiger partial charge is 0.238 e. The summed E-state index contributed by atoms with van der Waals surface area (Å²) in [6.07, 6.45) is 2.97. The Morgan fingerprint density at radius 2 is 2.33 bits per heavy atom. The lowest BCUT2D eigenvalue weighted by atomic mass is 10.1. The van der Waals surface area contributed by atoms with Gasteiger partial charge in [-0.3, -0.25) is 9.80 Å². The molecule has 0 bridgehead atoms. The first-order valence-corrected chi connectivity index (χ1v) is 4.64. The van der Waals surface area contributed by atoms with Gasteiger partial charge in [0.25, 0.3) is 0 Å². The number of rotatable bonds is 1. The van der Waals surface area contributed by atoms with Crippen molar-refractivity contribution in [2.75, 3.05) is 19.6 Å². The molecule has 1 amide bonds. The summed E-state index contributed by atoms with van der Waals surface area (Å²) in [5.41, 5.74) is 3.12. The van der Waals surface area contributed by atoms with E-state index in [1.54, 1.807) is 0 Å². The largest absolute Gasteiger partial charge is 0.315 e. The summed E-state index contributed by atoms with van der Waals surface area (Å²) in [5, 5.41) is 5.11. The van der Waals surface area contributed by atoms with E-state index in [-0.39, 0.29) is 5.91 Å². The van der Waals surface area contributed by atoms with Crippen molar-refractivity contribution in [2.45, 2.75) is 25.3 Å². The van der Waals surface area contributed by atoms with Gasteiger partial charge in [0.15, 0.2) is 0 Å². The van der Waals surface area contributed by atoms with Crippen LogP contribution in [0.5, 0.6) is 0 Å². The fourth-order valence-corrected chi connectivity index (χ4v) is 1.88. The van der Waals surface area contributed by atoms with Crippen LogP contribution in [-0.4, -0.2) is 36.6 Å². The first-order chi connectivity index (χ1) is 5.88. The Balaban J connectivity index is 1.93. The summed E-state index contributed by atoms with van der Waals surface area (Å²) in [5.74, 6) is 0.253. The summed E-state index contributed by atoms with van der Waals surface area (Å²) < 4.78 is 0. The molecule has 0 saturated carbocycles. The van der Waals surface area contributed by atoms with E-state index in [2.05, 4.69) is 10.7 Å². The fourth-order valence-electron chi connectivity index (χ4n) is 1.88. The van der Waals surface area contributed by atoms with Crippen molar-refractivity contribution in [1.29, 1.82) is 0 Å². The molecule has 2 aliphatic heterocycles. The lowest BCUT2D eigenvalue weighted by Gasteiger charge is -2.30. The second kappa shape index (κ2) is 3.41. The fraction of sp³-hybridized carbons (Fsp3) is 0.875. The summed E-state index contributed by atoms with van der Waals surface area (Å²) in [4.78, 5) is 11.3. The highest BCUT2D eigenvalue weighted by atomic mass is 16.2. The molecule has 0 spiro atoms. The summed E-state index contributed by atoms with van der Waals surface area (Å²) >= 11 is 0. The van der Waals surface area contributed by atoms with Crippen LogP contribution in [0.15, 0.2) is 0 Å². The molecule has 2 rings (SSSR count). The van der Waals surface area contributed by atoms with E-state index in [4.69, 9.17) is 0 Å². The molecule has 2 aliphatic rings. The minimum Gasteiger partial charge on any atom is -0.315 e. The van der Waals surface area contributed by atoms with Gasteiger partial charge >= 0.3 is 0 Å². The highest BCUT2D eigenvalue weighted by molar-refractivity contribution is 5.77. The van der Waals surface area contributed by atoms with Crippen LogP contribution in [0.1, 0.15) is 19.3 Å². The molecule has 68 valence electrons. The Hall–Kier alpha value is -0.610. The molecule has 0 aliphatic carbocycles. The van der Waals surface area contributed by atoms with E-state index in [9.17, 15) is 4.79 Å². The van der Waals surface area contributed by atoms with E-state index >= 15 is 0 Å². The van der Waals surface area contributed by atoms with Crippen molar-refractivity contribution in [2.24, 2.45) is 0 Å². The average molecular weight is 169 g/mol. The van der Waals surface area contributed by atoms with Gasteiger partial charge in [0.05, 0.1) is 6.04 Å². The van der Waals surface area contributed by atoms with Crippen molar-refractivity contribution < 1.29 is 4.79 Å². The monoisotopic (exact) mass is 169 g/mol. The van der Waals surface area contributed by atoms with Gasteiger partial charge in [-0.2, -0.15) is 0 Å². The van der Waals surface area contributed by atoms with Crippen LogP contribution in [0.4, 0.5) is 0 Å². The number of hydrazine groups is 1. The number of hydrogen-bond donors (Lipinski definition) is 2. The zero-order valence-electron chi connectivity index (χ0n) is 7.18. The molecule has 12 heavy (non-hydrogen) atoms. The lowest BCUT2D eigenvalue weighted by Crippen LogP contribution is -2.50. The van der Waals surface area contributed by atoms with Gasteiger partial charge in [-0.15, -0.1) is 0 Å². The van der Waals surface area contributed by atoms with E-state index in [1.807, 2.05) is 5.01 Å².